The first-order valence-electron chi connectivity index (χ1n) is 4.05. The zero-order valence-corrected chi connectivity index (χ0v) is 8.79. The number of benzene rings is 1. The molecule has 72 valence electrons. The van der Waals surface area contributed by atoms with Crippen molar-refractivity contribution >= 4 is 15.9 Å². The lowest BCUT2D eigenvalue weighted by Gasteiger charge is -1.97. The molecule has 2 aromatic rings. The minimum Gasteiger partial charge on any atom is -0.443 e. The molecule has 0 saturated carbocycles. The molecule has 0 atom stereocenters. The fourth-order valence-electron chi connectivity index (χ4n) is 1.20. The van der Waals surface area contributed by atoms with Gasteiger partial charge in [-0.1, -0.05) is 15.9 Å². The summed E-state index contributed by atoms with van der Waals surface area (Å²) in [5, 5.41) is 0.621. The second kappa shape index (κ2) is 3.92. The predicted molar refractivity (Wildman–Crippen MR) is 54.5 cm³/mol. The zero-order chi connectivity index (χ0) is 9.97. The van der Waals surface area contributed by atoms with E-state index in [4.69, 9.17) is 4.42 Å². The van der Waals surface area contributed by atoms with E-state index >= 15 is 0 Å². The monoisotopic (exact) mass is 255 g/mol. The van der Waals surface area contributed by atoms with Crippen LogP contribution in [0.1, 0.15) is 5.69 Å². The van der Waals surface area contributed by atoms with Crippen LogP contribution < -0.4 is 0 Å². The minimum atomic E-state index is -0.256. The number of rotatable bonds is 2. The summed E-state index contributed by atoms with van der Waals surface area (Å²) in [6, 6.07) is 6.13. The highest BCUT2D eigenvalue weighted by atomic mass is 79.9. The van der Waals surface area contributed by atoms with Gasteiger partial charge >= 0.3 is 0 Å². The van der Waals surface area contributed by atoms with Crippen LogP contribution in [0.15, 0.2) is 35.1 Å². The van der Waals surface area contributed by atoms with E-state index in [1.807, 2.05) is 0 Å². The summed E-state index contributed by atoms with van der Waals surface area (Å²) >= 11 is 3.30. The second-order valence-corrected chi connectivity index (χ2v) is 3.33. The molecule has 0 fully saturated rings. The van der Waals surface area contributed by atoms with Crippen molar-refractivity contribution in [1.29, 1.82) is 0 Å². The molecule has 2 nitrogen and oxygen atoms in total. The standard InChI is InChI=1S/C10H7BrFNO/c11-5-9-10(14-6-13-9)7-1-3-8(12)4-2-7/h1-4,6H,5H2. The van der Waals surface area contributed by atoms with Crippen molar-refractivity contribution in [3.05, 3.63) is 42.2 Å². The van der Waals surface area contributed by atoms with Gasteiger partial charge in [0.2, 0.25) is 0 Å². The molecular formula is C10H7BrFNO. The number of halogens is 2. The Balaban J connectivity index is 2.44. The van der Waals surface area contributed by atoms with Crippen LogP contribution in [0.4, 0.5) is 4.39 Å². The lowest BCUT2D eigenvalue weighted by atomic mass is 10.1. The Bertz CT molecular complexity index is 424. The molecule has 1 aromatic carbocycles. The number of aromatic nitrogens is 1. The van der Waals surface area contributed by atoms with Crippen molar-refractivity contribution in [3.63, 3.8) is 0 Å². The lowest BCUT2D eigenvalue weighted by molar-refractivity contribution is 0.571. The van der Waals surface area contributed by atoms with Crippen molar-refractivity contribution < 1.29 is 8.81 Å². The molecule has 0 bridgehead atoms. The zero-order valence-electron chi connectivity index (χ0n) is 7.21. The first-order chi connectivity index (χ1) is 6.81. The van der Waals surface area contributed by atoms with Crippen LogP contribution in [-0.4, -0.2) is 4.98 Å². The van der Waals surface area contributed by atoms with E-state index in [0.29, 0.717) is 11.1 Å². The lowest BCUT2D eigenvalue weighted by Crippen LogP contribution is -1.82. The third-order valence-corrected chi connectivity index (χ3v) is 2.41. The van der Waals surface area contributed by atoms with Gasteiger partial charge in [-0.3, -0.25) is 0 Å². The second-order valence-electron chi connectivity index (χ2n) is 2.77. The van der Waals surface area contributed by atoms with Crippen molar-refractivity contribution in [2.24, 2.45) is 0 Å². The van der Waals surface area contributed by atoms with Crippen molar-refractivity contribution in [3.8, 4) is 11.3 Å². The van der Waals surface area contributed by atoms with E-state index in [9.17, 15) is 4.39 Å². The maximum absolute atomic E-state index is 12.7. The average Bonchev–Trinajstić information content (AvgIpc) is 2.67. The van der Waals surface area contributed by atoms with Gasteiger partial charge < -0.3 is 4.42 Å². The average molecular weight is 256 g/mol. The van der Waals surface area contributed by atoms with Crippen LogP contribution in [0.5, 0.6) is 0 Å². The number of hydrogen-bond donors (Lipinski definition) is 0. The van der Waals surface area contributed by atoms with Crippen LogP contribution >= 0.6 is 15.9 Å². The predicted octanol–water partition coefficient (Wildman–Crippen LogP) is 3.38. The first-order valence-corrected chi connectivity index (χ1v) is 5.17. The molecule has 4 heteroatoms. The molecule has 0 radical (unpaired) electrons. The molecule has 0 aliphatic rings. The molecule has 0 N–H and O–H groups in total. The van der Waals surface area contributed by atoms with E-state index in [1.54, 1.807) is 12.1 Å². The van der Waals surface area contributed by atoms with Gasteiger partial charge in [0.25, 0.3) is 0 Å². The SMILES string of the molecule is Fc1ccc(-c2ocnc2CBr)cc1. The van der Waals surface area contributed by atoms with Gasteiger partial charge in [0, 0.05) is 10.9 Å². The molecule has 0 aliphatic heterocycles. The molecule has 0 saturated heterocycles. The van der Waals surface area contributed by atoms with Crippen LogP contribution in [0.3, 0.4) is 0 Å². The van der Waals surface area contributed by atoms with Crippen LogP contribution in [0.2, 0.25) is 0 Å². The summed E-state index contributed by atoms with van der Waals surface area (Å²) in [5.74, 6) is 0.426. The third-order valence-electron chi connectivity index (χ3n) is 1.87. The fourth-order valence-corrected chi connectivity index (χ4v) is 1.60. The fraction of sp³-hybridized carbons (Fsp3) is 0.100. The molecule has 0 amide bonds. The maximum atomic E-state index is 12.7. The number of oxazole rings is 1. The summed E-state index contributed by atoms with van der Waals surface area (Å²) in [7, 11) is 0. The summed E-state index contributed by atoms with van der Waals surface area (Å²) < 4.78 is 17.9. The Hall–Kier alpha value is -1.16. The number of alkyl halides is 1. The maximum Gasteiger partial charge on any atom is 0.181 e. The van der Waals surface area contributed by atoms with Gasteiger partial charge in [0.1, 0.15) is 5.82 Å². The van der Waals surface area contributed by atoms with Crippen molar-refractivity contribution in [2.75, 3.05) is 0 Å². The van der Waals surface area contributed by atoms with Crippen LogP contribution in [0.25, 0.3) is 11.3 Å². The van der Waals surface area contributed by atoms with Crippen molar-refractivity contribution in [2.45, 2.75) is 5.33 Å². The summed E-state index contributed by atoms with van der Waals surface area (Å²) in [5.41, 5.74) is 1.65. The van der Waals surface area contributed by atoms with E-state index in [2.05, 4.69) is 20.9 Å². The molecule has 0 spiro atoms. The quantitative estimate of drug-likeness (QED) is 0.770. The Morgan fingerprint density at radius 3 is 2.64 bits per heavy atom. The largest absolute Gasteiger partial charge is 0.443 e. The van der Waals surface area contributed by atoms with Gasteiger partial charge in [-0.05, 0) is 24.3 Å². The molecule has 14 heavy (non-hydrogen) atoms. The van der Waals surface area contributed by atoms with E-state index in [1.165, 1.54) is 18.5 Å². The summed E-state index contributed by atoms with van der Waals surface area (Å²) in [6.45, 7) is 0. The van der Waals surface area contributed by atoms with Crippen LogP contribution in [-0.2, 0) is 5.33 Å². The van der Waals surface area contributed by atoms with Crippen molar-refractivity contribution in [1.82, 2.24) is 4.98 Å². The molecule has 1 heterocycles. The van der Waals surface area contributed by atoms with E-state index in [0.717, 1.165) is 11.3 Å². The summed E-state index contributed by atoms with van der Waals surface area (Å²) in [6.07, 6.45) is 1.38. The minimum absolute atomic E-state index is 0.256. The number of hydrogen-bond acceptors (Lipinski definition) is 2. The molecule has 2 rings (SSSR count). The van der Waals surface area contributed by atoms with E-state index < -0.39 is 0 Å². The first kappa shape index (κ1) is 9.40. The van der Waals surface area contributed by atoms with Gasteiger partial charge in [-0.15, -0.1) is 0 Å². The summed E-state index contributed by atoms with van der Waals surface area (Å²) in [4.78, 5) is 4.03. The highest BCUT2D eigenvalue weighted by Gasteiger charge is 2.08. The molecule has 0 aliphatic carbocycles. The topological polar surface area (TPSA) is 26.0 Å². The highest BCUT2D eigenvalue weighted by molar-refractivity contribution is 9.08. The third kappa shape index (κ3) is 1.70. The van der Waals surface area contributed by atoms with E-state index in [-0.39, 0.29) is 5.82 Å². The van der Waals surface area contributed by atoms with Gasteiger partial charge in [0.05, 0.1) is 5.69 Å². The van der Waals surface area contributed by atoms with Gasteiger partial charge in [0.15, 0.2) is 12.2 Å². The molecule has 1 aromatic heterocycles. The Morgan fingerprint density at radius 1 is 1.29 bits per heavy atom. The highest BCUT2D eigenvalue weighted by Crippen LogP contribution is 2.24. The number of nitrogens with zero attached hydrogens (tertiary/aromatic N) is 1. The van der Waals surface area contributed by atoms with Gasteiger partial charge in [-0.2, -0.15) is 0 Å². The van der Waals surface area contributed by atoms with Crippen LogP contribution in [0, 0.1) is 5.82 Å². The normalized spacial score (nSPS) is 10.4. The Labute approximate surface area is 88.9 Å². The molecule has 0 unspecified atom stereocenters. The molecular weight excluding hydrogens is 249 g/mol. The Morgan fingerprint density at radius 2 is 2.00 bits per heavy atom. The Kier molecular flexibility index (Phi) is 2.63. The smallest absolute Gasteiger partial charge is 0.181 e. The van der Waals surface area contributed by atoms with Gasteiger partial charge in [-0.25, -0.2) is 9.37 Å².